The first-order valence-electron chi connectivity index (χ1n) is 4.32. The van der Waals surface area contributed by atoms with Crippen LogP contribution in [0.15, 0.2) is 0 Å². The van der Waals surface area contributed by atoms with Gasteiger partial charge in [0.15, 0.2) is 0 Å². The van der Waals surface area contributed by atoms with Crippen molar-refractivity contribution in [1.82, 2.24) is 4.90 Å². The summed E-state index contributed by atoms with van der Waals surface area (Å²) in [5.74, 6) is 0. The maximum atomic E-state index is 11.2. The number of halogens is 1. The Balaban J connectivity index is 2.10. The standard InChI is InChI=1S/C8H14BrNO2/c9-4-3-7-12-8(11)10-5-1-2-6-10/h1-7H2. The van der Waals surface area contributed by atoms with Crippen molar-refractivity contribution < 1.29 is 9.53 Å². The number of hydrogen-bond acceptors (Lipinski definition) is 2. The second kappa shape index (κ2) is 5.41. The first-order valence-corrected chi connectivity index (χ1v) is 5.44. The van der Waals surface area contributed by atoms with Gasteiger partial charge in [0.25, 0.3) is 0 Å². The molecule has 0 bridgehead atoms. The van der Waals surface area contributed by atoms with Gasteiger partial charge in [-0.3, -0.25) is 0 Å². The normalized spacial score (nSPS) is 16.6. The van der Waals surface area contributed by atoms with Crippen molar-refractivity contribution in [2.24, 2.45) is 0 Å². The van der Waals surface area contributed by atoms with Crippen molar-refractivity contribution in [2.45, 2.75) is 19.3 Å². The maximum absolute atomic E-state index is 11.2. The Morgan fingerprint density at radius 3 is 2.67 bits per heavy atom. The van der Waals surface area contributed by atoms with Crippen LogP contribution in [-0.4, -0.2) is 36.0 Å². The van der Waals surface area contributed by atoms with Crippen molar-refractivity contribution in [1.29, 1.82) is 0 Å². The first-order chi connectivity index (χ1) is 5.84. The SMILES string of the molecule is O=C(OCCCBr)N1CCCC1. The van der Waals surface area contributed by atoms with E-state index >= 15 is 0 Å². The van der Waals surface area contributed by atoms with Crippen LogP contribution >= 0.6 is 15.9 Å². The summed E-state index contributed by atoms with van der Waals surface area (Å²) in [6.45, 7) is 2.26. The number of rotatable bonds is 3. The molecule has 1 rings (SSSR count). The van der Waals surface area contributed by atoms with Crippen molar-refractivity contribution >= 4 is 22.0 Å². The van der Waals surface area contributed by atoms with E-state index < -0.39 is 0 Å². The molecule has 0 saturated carbocycles. The summed E-state index contributed by atoms with van der Waals surface area (Å²) in [5.41, 5.74) is 0. The monoisotopic (exact) mass is 235 g/mol. The highest BCUT2D eigenvalue weighted by atomic mass is 79.9. The van der Waals surface area contributed by atoms with Crippen molar-refractivity contribution in [2.75, 3.05) is 25.0 Å². The Kier molecular flexibility index (Phi) is 4.43. The van der Waals surface area contributed by atoms with Gasteiger partial charge in [0.2, 0.25) is 0 Å². The van der Waals surface area contributed by atoms with Gasteiger partial charge in [-0.2, -0.15) is 0 Å². The predicted octanol–water partition coefficient (Wildman–Crippen LogP) is 2.00. The summed E-state index contributed by atoms with van der Waals surface area (Å²) < 4.78 is 5.02. The topological polar surface area (TPSA) is 29.5 Å². The Labute approximate surface area is 81.2 Å². The Morgan fingerprint density at radius 2 is 2.08 bits per heavy atom. The van der Waals surface area contributed by atoms with Gasteiger partial charge in [0.1, 0.15) is 0 Å². The fraction of sp³-hybridized carbons (Fsp3) is 0.875. The number of amides is 1. The molecule has 0 aromatic carbocycles. The average molecular weight is 236 g/mol. The molecule has 12 heavy (non-hydrogen) atoms. The molecule has 0 aromatic heterocycles. The van der Waals surface area contributed by atoms with E-state index in [-0.39, 0.29) is 6.09 Å². The minimum absolute atomic E-state index is 0.145. The summed E-state index contributed by atoms with van der Waals surface area (Å²) in [7, 11) is 0. The van der Waals surface area contributed by atoms with E-state index in [0.717, 1.165) is 37.7 Å². The van der Waals surface area contributed by atoms with E-state index in [1.165, 1.54) is 0 Å². The molecule has 0 N–H and O–H groups in total. The number of ether oxygens (including phenoxy) is 1. The minimum atomic E-state index is -0.145. The van der Waals surface area contributed by atoms with Gasteiger partial charge in [0.05, 0.1) is 6.61 Å². The molecule has 0 aliphatic carbocycles. The van der Waals surface area contributed by atoms with Gasteiger partial charge in [0, 0.05) is 18.4 Å². The van der Waals surface area contributed by atoms with E-state index in [0.29, 0.717) is 6.61 Å². The van der Waals surface area contributed by atoms with Crippen LogP contribution in [0.25, 0.3) is 0 Å². The largest absolute Gasteiger partial charge is 0.449 e. The smallest absolute Gasteiger partial charge is 0.409 e. The second-order valence-corrected chi connectivity index (χ2v) is 3.64. The van der Waals surface area contributed by atoms with E-state index in [1.807, 2.05) is 0 Å². The highest BCUT2D eigenvalue weighted by Gasteiger charge is 2.18. The lowest BCUT2D eigenvalue weighted by molar-refractivity contribution is 0.111. The predicted molar refractivity (Wildman–Crippen MR) is 50.6 cm³/mol. The molecule has 0 atom stereocenters. The summed E-state index contributed by atoms with van der Waals surface area (Å²) >= 11 is 3.28. The first kappa shape index (κ1) is 9.84. The molecular formula is C8H14BrNO2. The number of alkyl halides is 1. The molecular weight excluding hydrogens is 222 g/mol. The molecule has 4 heteroatoms. The van der Waals surface area contributed by atoms with Gasteiger partial charge in [-0.05, 0) is 19.3 Å². The van der Waals surface area contributed by atoms with Crippen LogP contribution in [0.5, 0.6) is 0 Å². The fourth-order valence-corrected chi connectivity index (χ4v) is 1.43. The summed E-state index contributed by atoms with van der Waals surface area (Å²) in [5, 5.41) is 0.889. The fourth-order valence-electron chi connectivity index (χ4n) is 1.21. The average Bonchev–Trinajstić information content (AvgIpc) is 2.56. The Hall–Kier alpha value is -0.250. The van der Waals surface area contributed by atoms with E-state index in [2.05, 4.69) is 15.9 Å². The quantitative estimate of drug-likeness (QED) is 0.554. The molecule has 1 aliphatic heterocycles. The van der Waals surface area contributed by atoms with Crippen LogP contribution < -0.4 is 0 Å². The summed E-state index contributed by atoms with van der Waals surface area (Å²) in [4.78, 5) is 13.0. The molecule has 0 radical (unpaired) electrons. The van der Waals surface area contributed by atoms with Crippen LogP contribution in [0.3, 0.4) is 0 Å². The van der Waals surface area contributed by atoms with Crippen LogP contribution in [0, 0.1) is 0 Å². The van der Waals surface area contributed by atoms with Crippen LogP contribution in [0.4, 0.5) is 4.79 Å². The van der Waals surface area contributed by atoms with Gasteiger partial charge in [-0.15, -0.1) is 0 Å². The maximum Gasteiger partial charge on any atom is 0.409 e. The van der Waals surface area contributed by atoms with Gasteiger partial charge in [-0.1, -0.05) is 15.9 Å². The number of carbonyl (C=O) groups excluding carboxylic acids is 1. The van der Waals surface area contributed by atoms with E-state index in [1.54, 1.807) is 4.90 Å². The second-order valence-electron chi connectivity index (χ2n) is 2.85. The van der Waals surface area contributed by atoms with E-state index in [4.69, 9.17) is 4.74 Å². The zero-order valence-electron chi connectivity index (χ0n) is 7.09. The third kappa shape index (κ3) is 3.01. The molecule has 70 valence electrons. The third-order valence-electron chi connectivity index (χ3n) is 1.87. The molecule has 0 spiro atoms. The van der Waals surface area contributed by atoms with Gasteiger partial charge >= 0.3 is 6.09 Å². The Bertz CT molecular complexity index is 146. The van der Waals surface area contributed by atoms with Crippen molar-refractivity contribution in [3.8, 4) is 0 Å². The minimum Gasteiger partial charge on any atom is -0.449 e. The molecule has 3 nitrogen and oxygen atoms in total. The molecule has 1 aliphatic rings. The lowest BCUT2D eigenvalue weighted by Gasteiger charge is -2.14. The number of likely N-dealkylation sites (tertiary alicyclic amines) is 1. The molecule has 0 unspecified atom stereocenters. The summed E-state index contributed by atoms with van der Waals surface area (Å²) in [6.07, 6.45) is 2.98. The lowest BCUT2D eigenvalue weighted by atomic mass is 10.4. The molecule has 1 saturated heterocycles. The molecule has 0 aromatic rings. The highest BCUT2D eigenvalue weighted by Crippen LogP contribution is 2.08. The van der Waals surface area contributed by atoms with Crippen LogP contribution in [-0.2, 0) is 4.74 Å². The highest BCUT2D eigenvalue weighted by molar-refractivity contribution is 9.09. The zero-order valence-corrected chi connectivity index (χ0v) is 8.68. The zero-order chi connectivity index (χ0) is 8.81. The van der Waals surface area contributed by atoms with Crippen molar-refractivity contribution in [3.05, 3.63) is 0 Å². The summed E-state index contributed by atoms with van der Waals surface area (Å²) in [6, 6.07) is 0. The van der Waals surface area contributed by atoms with Crippen LogP contribution in [0.1, 0.15) is 19.3 Å². The van der Waals surface area contributed by atoms with Crippen LogP contribution in [0.2, 0.25) is 0 Å². The van der Waals surface area contributed by atoms with Crippen molar-refractivity contribution in [3.63, 3.8) is 0 Å². The Morgan fingerprint density at radius 1 is 1.42 bits per heavy atom. The van der Waals surface area contributed by atoms with E-state index in [9.17, 15) is 4.79 Å². The molecule has 1 fully saturated rings. The lowest BCUT2D eigenvalue weighted by Crippen LogP contribution is -2.28. The third-order valence-corrected chi connectivity index (χ3v) is 2.43. The molecule has 1 amide bonds. The van der Waals surface area contributed by atoms with Gasteiger partial charge in [-0.25, -0.2) is 4.79 Å². The number of hydrogen-bond donors (Lipinski definition) is 0. The molecule has 1 heterocycles. The number of nitrogens with zero attached hydrogens (tertiary/aromatic N) is 1. The van der Waals surface area contributed by atoms with Gasteiger partial charge < -0.3 is 9.64 Å². The number of carbonyl (C=O) groups is 1.